The van der Waals surface area contributed by atoms with Crippen molar-refractivity contribution in [3.63, 3.8) is 0 Å². The number of para-hydroxylation sites is 4. The molecule has 0 fully saturated rings. The molecule has 6 heteroatoms. The Hall–Kier alpha value is -9.13. The summed E-state index contributed by atoms with van der Waals surface area (Å²) in [5, 5.41) is 5.99. The topological polar surface area (TPSA) is 53.5 Å². The third kappa shape index (κ3) is 5.65. The third-order valence-electron chi connectivity index (χ3n) is 14.8. The Balaban J connectivity index is 1.07. The van der Waals surface area contributed by atoms with Gasteiger partial charge in [-0.15, -0.1) is 0 Å². The molecule has 4 aromatic heterocycles. The van der Waals surface area contributed by atoms with Gasteiger partial charge in [-0.05, 0) is 82.6 Å². The zero-order valence-electron chi connectivity index (χ0n) is 38.0. The highest BCUT2D eigenvalue weighted by molar-refractivity contribution is 6.19. The van der Waals surface area contributed by atoms with Gasteiger partial charge in [-0.1, -0.05) is 188 Å². The van der Waals surface area contributed by atoms with Crippen molar-refractivity contribution in [2.45, 2.75) is 18.8 Å². The van der Waals surface area contributed by atoms with Crippen LogP contribution in [-0.2, 0) is 6.42 Å². The van der Waals surface area contributed by atoms with Gasteiger partial charge in [0, 0.05) is 55.1 Å². The summed E-state index contributed by atoms with van der Waals surface area (Å²) in [6, 6.07) is 76.5. The molecule has 0 radical (unpaired) electrons. The second-order valence-corrected chi connectivity index (χ2v) is 18.6. The van der Waals surface area contributed by atoms with Crippen molar-refractivity contribution < 1.29 is 0 Å². The Morgan fingerprint density at radius 1 is 0.400 bits per heavy atom. The summed E-state index contributed by atoms with van der Waals surface area (Å²) >= 11 is 0. The van der Waals surface area contributed by atoms with Gasteiger partial charge in [-0.2, -0.15) is 9.97 Å². The summed E-state index contributed by atoms with van der Waals surface area (Å²) in [7, 11) is 0. The van der Waals surface area contributed by atoms with Crippen molar-refractivity contribution >= 4 is 60.6 Å². The lowest BCUT2D eigenvalue weighted by Gasteiger charge is -2.19. The van der Waals surface area contributed by atoms with E-state index in [0.717, 1.165) is 51.9 Å². The van der Waals surface area contributed by atoms with E-state index in [1.54, 1.807) is 0 Å². The Labute approximate surface area is 403 Å². The van der Waals surface area contributed by atoms with Gasteiger partial charge in [0.05, 0.1) is 33.5 Å². The monoisotopic (exact) mass is 894 g/mol. The van der Waals surface area contributed by atoms with Crippen LogP contribution in [0.2, 0.25) is 0 Å². The van der Waals surface area contributed by atoms with Crippen LogP contribution in [0.4, 0.5) is 0 Å². The Kier molecular flexibility index (Phi) is 8.45. The molecule has 0 saturated carbocycles. The molecule has 4 heterocycles. The minimum absolute atomic E-state index is 0.306. The number of benzene rings is 9. The smallest absolute Gasteiger partial charge is 0.238 e. The minimum Gasteiger partial charge on any atom is -0.309 e. The standard InChI is InChI=1S/C64H42N6/c1-4-18-40(19-5-1)41-32-34-42(35-33-41)62-65-63(58-49-28-11-10-24-45(49)50-36-37-51-46-25-12-15-29-54(46)68(59(51)57(50)58)43-20-6-2-7-21-43)67-64(66-62)70-56-31-17-14-27-48(56)53-39-38-52-47-26-13-16-30-55(47)69(60(52)61(53)70)44-22-8-3-9-23-44/h1-16,18-30,32-39,58H,17,31H2. The van der Waals surface area contributed by atoms with Gasteiger partial charge in [0.25, 0.3) is 0 Å². The first-order valence-corrected chi connectivity index (χ1v) is 24.2. The Morgan fingerprint density at radius 3 is 1.69 bits per heavy atom. The molecule has 0 amide bonds. The molecule has 0 spiro atoms. The van der Waals surface area contributed by atoms with E-state index in [-0.39, 0.29) is 5.92 Å². The highest BCUT2D eigenvalue weighted by Gasteiger charge is 2.37. The van der Waals surface area contributed by atoms with Crippen LogP contribution >= 0.6 is 0 Å². The van der Waals surface area contributed by atoms with Crippen LogP contribution in [-0.4, -0.2) is 28.7 Å². The summed E-state index contributed by atoms with van der Waals surface area (Å²) < 4.78 is 7.28. The Morgan fingerprint density at radius 2 is 0.957 bits per heavy atom. The van der Waals surface area contributed by atoms with Crippen LogP contribution in [0.25, 0.3) is 112 Å². The quantitative estimate of drug-likeness (QED) is 0.167. The van der Waals surface area contributed by atoms with E-state index in [9.17, 15) is 0 Å². The van der Waals surface area contributed by atoms with Gasteiger partial charge in [0.2, 0.25) is 5.95 Å². The van der Waals surface area contributed by atoms with Crippen molar-refractivity contribution in [2.75, 3.05) is 0 Å². The summed E-state index contributed by atoms with van der Waals surface area (Å²) in [5.74, 6) is 1.67. The first-order chi connectivity index (χ1) is 34.8. The lowest BCUT2D eigenvalue weighted by Crippen LogP contribution is -2.15. The second kappa shape index (κ2) is 15.2. The van der Waals surface area contributed by atoms with Gasteiger partial charge in [0.1, 0.15) is 5.82 Å². The fourth-order valence-corrected chi connectivity index (χ4v) is 11.9. The summed E-state index contributed by atoms with van der Waals surface area (Å²) in [6.45, 7) is 0. The summed E-state index contributed by atoms with van der Waals surface area (Å²) in [5.41, 5.74) is 18.4. The number of hydrogen-bond acceptors (Lipinski definition) is 3. The molecule has 2 aliphatic rings. The normalized spacial score (nSPS) is 14.0. The van der Waals surface area contributed by atoms with Gasteiger partial charge in [0.15, 0.2) is 5.82 Å². The zero-order chi connectivity index (χ0) is 45.9. The molecule has 2 aliphatic carbocycles. The fourth-order valence-electron chi connectivity index (χ4n) is 11.9. The maximum absolute atomic E-state index is 5.83. The van der Waals surface area contributed by atoms with E-state index >= 15 is 0 Å². The molecular formula is C64H42N6. The van der Waals surface area contributed by atoms with Crippen LogP contribution < -0.4 is 0 Å². The van der Waals surface area contributed by atoms with Crippen molar-refractivity contribution in [1.82, 2.24) is 28.7 Å². The lowest BCUT2D eigenvalue weighted by molar-refractivity contribution is 0.790. The van der Waals surface area contributed by atoms with Gasteiger partial charge < -0.3 is 9.13 Å². The van der Waals surface area contributed by atoms with Crippen LogP contribution in [0.3, 0.4) is 0 Å². The summed E-state index contributed by atoms with van der Waals surface area (Å²) in [6.07, 6.45) is 6.39. The molecular weight excluding hydrogens is 853 g/mol. The molecule has 13 aromatic rings. The average molecular weight is 895 g/mol. The fraction of sp³-hybridized carbons (Fsp3) is 0.0469. The molecule has 0 saturated heterocycles. The number of nitrogens with zero attached hydrogens (tertiary/aromatic N) is 6. The molecule has 0 bridgehead atoms. The summed E-state index contributed by atoms with van der Waals surface area (Å²) in [4.78, 5) is 17.1. The van der Waals surface area contributed by atoms with Crippen molar-refractivity contribution in [3.05, 3.63) is 247 Å². The Bertz CT molecular complexity index is 4270. The largest absolute Gasteiger partial charge is 0.309 e. The van der Waals surface area contributed by atoms with Gasteiger partial charge in [-0.25, -0.2) is 4.98 Å². The van der Waals surface area contributed by atoms with Gasteiger partial charge in [-0.3, -0.25) is 4.57 Å². The van der Waals surface area contributed by atoms with E-state index < -0.39 is 0 Å². The van der Waals surface area contributed by atoms with E-state index in [1.165, 1.54) is 77.0 Å². The molecule has 9 aromatic carbocycles. The molecule has 1 atom stereocenters. The number of hydrogen-bond donors (Lipinski definition) is 0. The van der Waals surface area contributed by atoms with Crippen LogP contribution in [0.1, 0.15) is 40.5 Å². The van der Waals surface area contributed by atoms with E-state index in [2.05, 4.69) is 238 Å². The molecule has 15 rings (SSSR count). The third-order valence-corrected chi connectivity index (χ3v) is 14.8. The molecule has 6 nitrogen and oxygen atoms in total. The molecule has 328 valence electrons. The maximum Gasteiger partial charge on any atom is 0.238 e. The van der Waals surface area contributed by atoms with Crippen LogP contribution in [0.5, 0.6) is 0 Å². The number of aromatic nitrogens is 6. The SMILES string of the molecule is C1=Cc2c(n(-c3nc(-c4ccc(-c5ccccc5)cc4)nc(C4c5ccccc5-c5ccc6c7ccccc7n(-c7ccccc7)c6c54)n3)c3c2ccc2c4ccccc4n(-c4ccccc4)c23)CC1. The highest BCUT2D eigenvalue weighted by Crippen LogP contribution is 2.52. The second-order valence-electron chi connectivity index (χ2n) is 18.6. The lowest BCUT2D eigenvalue weighted by atomic mass is 9.94. The molecule has 0 N–H and O–H groups in total. The van der Waals surface area contributed by atoms with Crippen LogP contribution in [0, 0.1) is 0 Å². The number of fused-ring (bicyclic) bond motifs is 14. The highest BCUT2D eigenvalue weighted by atomic mass is 15.2. The van der Waals surface area contributed by atoms with E-state index in [0.29, 0.717) is 17.6 Å². The van der Waals surface area contributed by atoms with Crippen LogP contribution in [0.15, 0.2) is 218 Å². The maximum atomic E-state index is 5.83. The van der Waals surface area contributed by atoms with Crippen molar-refractivity contribution in [1.29, 1.82) is 0 Å². The molecule has 0 aliphatic heterocycles. The first-order valence-electron chi connectivity index (χ1n) is 24.2. The molecule has 70 heavy (non-hydrogen) atoms. The van der Waals surface area contributed by atoms with E-state index in [4.69, 9.17) is 15.0 Å². The predicted molar refractivity (Wildman–Crippen MR) is 286 cm³/mol. The first kappa shape index (κ1) is 38.9. The number of rotatable bonds is 6. The number of allylic oxidation sites excluding steroid dienone is 1. The molecule has 1 unspecified atom stereocenters. The zero-order valence-corrected chi connectivity index (χ0v) is 38.0. The predicted octanol–water partition coefficient (Wildman–Crippen LogP) is 15.5. The van der Waals surface area contributed by atoms with Crippen molar-refractivity contribution in [2.24, 2.45) is 0 Å². The van der Waals surface area contributed by atoms with Gasteiger partial charge >= 0.3 is 0 Å². The van der Waals surface area contributed by atoms with Crippen molar-refractivity contribution in [3.8, 4) is 51.0 Å². The van der Waals surface area contributed by atoms with E-state index in [1.807, 2.05) is 0 Å². The minimum atomic E-state index is -0.306. The average Bonchev–Trinajstić information content (AvgIpc) is 4.17.